The van der Waals surface area contributed by atoms with Crippen molar-refractivity contribution in [1.29, 1.82) is 0 Å². The van der Waals surface area contributed by atoms with Crippen LogP contribution in [0.15, 0.2) is 57.1 Å². The van der Waals surface area contributed by atoms with Crippen LogP contribution in [0.1, 0.15) is 58.5 Å². The maximum atomic E-state index is 13.6. The second kappa shape index (κ2) is 9.44. The summed E-state index contributed by atoms with van der Waals surface area (Å²) in [6.45, 7) is 4.37. The first-order chi connectivity index (χ1) is 17.2. The van der Waals surface area contributed by atoms with Crippen LogP contribution in [0, 0.1) is 6.92 Å². The zero-order valence-corrected chi connectivity index (χ0v) is 21.3. The van der Waals surface area contributed by atoms with Crippen molar-refractivity contribution in [2.24, 2.45) is 12.8 Å². The Kier molecular flexibility index (Phi) is 6.31. The molecule has 0 unspecified atom stereocenters. The Hall–Kier alpha value is -3.63. The maximum absolute atomic E-state index is 13.6. The second-order valence-electron chi connectivity index (χ2n) is 9.50. The lowest BCUT2D eigenvalue weighted by Crippen LogP contribution is -2.35. The average Bonchev–Trinajstić information content (AvgIpc) is 3.61. The van der Waals surface area contributed by atoms with E-state index in [0.29, 0.717) is 18.5 Å². The summed E-state index contributed by atoms with van der Waals surface area (Å²) in [6, 6.07) is 12.7. The largest absolute Gasteiger partial charge is 0.419 e. The van der Waals surface area contributed by atoms with Gasteiger partial charge in [-0.15, -0.1) is 21.5 Å². The molecule has 0 bridgehead atoms. The van der Waals surface area contributed by atoms with Gasteiger partial charge in [0.2, 0.25) is 11.8 Å². The molecule has 5 rings (SSSR count). The minimum atomic E-state index is -0.903. The lowest BCUT2D eigenvalue weighted by atomic mass is 9.94. The second-order valence-corrected chi connectivity index (χ2v) is 10.4. The molecule has 1 aromatic carbocycles. The molecule has 0 saturated carbocycles. The molecule has 0 aliphatic carbocycles. The summed E-state index contributed by atoms with van der Waals surface area (Å²) in [5.41, 5.74) is 7.91. The Morgan fingerprint density at radius 2 is 2.03 bits per heavy atom. The summed E-state index contributed by atoms with van der Waals surface area (Å²) in [4.78, 5) is 32.8. The SMILES string of the molecule is Cc1csc([C@H]2CCCN2C(=O)c2cc(-c3nnc([C@@](C)(N)Cc4ccccc4)o3)cc(=O)n2C)n1. The van der Waals surface area contributed by atoms with Crippen LogP contribution in [0.4, 0.5) is 0 Å². The molecule has 1 aliphatic heterocycles. The predicted molar refractivity (Wildman–Crippen MR) is 137 cm³/mol. The van der Waals surface area contributed by atoms with Crippen molar-refractivity contribution >= 4 is 17.2 Å². The lowest BCUT2D eigenvalue weighted by Gasteiger charge is -2.24. The number of carbonyl (C=O) groups is 1. The fraction of sp³-hybridized carbons (Fsp3) is 0.346. The Morgan fingerprint density at radius 3 is 2.75 bits per heavy atom. The van der Waals surface area contributed by atoms with Crippen molar-refractivity contribution in [2.75, 3.05) is 6.54 Å². The van der Waals surface area contributed by atoms with Crippen molar-refractivity contribution in [3.63, 3.8) is 0 Å². The standard InChI is InChI=1S/C26H28N6O3S/c1-16-15-36-23(28-16)19-10-7-11-32(19)24(34)20-12-18(13-21(33)31(20)3)22-29-30-25(35-22)26(2,27)14-17-8-5-4-6-9-17/h4-6,8-9,12-13,15,19H,7,10-11,14,27H2,1-3H3/t19-,26+/m1/s1. The molecule has 1 fully saturated rings. The number of carbonyl (C=O) groups excluding carboxylic acids is 1. The Balaban J connectivity index is 1.44. The molecule has 1 saturated heterocycles. The number of benzene rings is 1. The molecule has 10 heteroatoms. The first-order valence-electron chi connectivity index (χ1n) is 11.8. The van der Waals surface area contributed by atoms with Crippen molar-refractivity contribution in [1.82, 2.24) is 24.6 Å². The van der Waals surface area contributed by atoms with E-state index in [9.17, 15) is 9.59 Å². The number of nitrogens with two attached hydrogens (primary N) is 1. The number of hydrogen-bond donors (Lipinski definition) is 1. The molecule has 4 aromatic rings. The number of hydrogen-bond acceptors (Lipinski definition) is 8. The third-order valence-corrected chi connectivity index (χ3v) is 7.56. The van der Waals surface area contributed by atoms with Crippen LogP contribution in [-0.2, 0) is 19.0 Å². The molecule has 2 N–H and O–H groups in total. The predicted octanol–water partition coefficient (Wildman–Crippen LogP) is 3.59. The number of likely N-dealkylation sites (tertiary alicyclic amines) is 1. The number of thiazole rings is 1. The van der Waals surface area contributed by atoms with Gasteiger partial charge in [0.05, 0.1) is 11.6 Å². The first-order valence-corrected chi connectivity index (χ1v) is 12.7. The molecular formula is C26H28N6O3S. The quantitative estimate of drug-likeness (QED) is 0.426. The van der Waals surface area contributed by atoms with Crippen molar-refractivity contribution in [2.45, 2.75) is 44.7 Å². The number of amides is 1. The summed E-state index contributed by atoms with van der Waals surface area (Å²) >= 11 is 1.56. The minimum absolute atomic E-state index is 0.0964. The summed E-state index contributed by atoms with van der Waals surface area (Å²) in [6.07, 6.45) is 2.23. The average molecular weight is 505 g/mol. The zero-order valence-electron chi connectivity index (χ0n) is 20.5. The highest BCUT2D eigenvalue weighted by atomic mass is 32.1. The number of pyridine rings is 1. The van der Waals surface area contributed by atoms with Crippen molar-refractivity contribution in [3.8, 4) is 11.5 Å². The first kappa shape index (κ1) is 24.1. The maximum Gasteiger partial charge on any atom is 0.271 e. The van der Waals surface area contributed by atoms with E-state index in [1.54, 1.807) is 29.4 Å². The Morgan fingerprint density at radius 1 is 1.25 bits per heavy atom. The van der Waals surface area contributed by atoms with Gasteiger partial charge in [-0.1, -0.05) is 30.3 Å². The molecule has 4 heterocycles. The van der Waals surface area contributed by atoms with E-state index in [2.05, 4.69) is 15.2 Å². The molecule has 2 atom stereocenters. The molecule has 0 spiro atoms. The monoisotopic (exact) mass is 504 g/mol. The van der Waals surface area contributed by atoms with Gasteiger partial charge in [0.1, 0.15) is 10.7 Å². The summed E-state index contributed by atoms with van der Waals surface area (Å²) in [5, 5.41) is 11.2. The van der Waals surface area contributed by atoms with Crippen molar-refractivity contribution in [3.05, 3.63) is 86.0 Å². The van der Waals surface area contributed by atoms with E-state index < -0.39 is 5.54 Å². The molecule has 186 valence electrons. The fourth-order valence-corrected chi connectivity index (χ4v) is 5.51. The summed E-state index contributed by atoms with van der Waals surface area (Å²) in [5.74, 6) is 0.183. The van der Waals surface area contributed by atoms with Gasteiger partial charge in [0.15, 0.2) is 0 Å². The number of rotatable bonds is 6. The van der Waals surface area contributed by atoms with Crippen LogP contribution >= 0.6 is 11.3 Å². The molecule has 1 amide bonds. The number of aryl methyl sites for hydroxylation is 1. The minimum Gasteiger partial charge on any atom is -0.419 e. The van der Waals surface area contributed by atoms with E-state index in [4.69, 9.17) is 10.2 Å². The normalized spacial score (nSPS) is 17.3. The third-order valence-electron chi connectivity index (χ3n) is 6.49. The van der Waals surface area contributed by atoms with Crippen LogP contribution < -0.4 is 11.3 Å². The highest BCUT2D eigenvalue weighted by molar-refractivity contribution is 7.09. The lowest BCUT2D eigenvalue weighted by molar-refractivity contribution is 0.0724. The van der Waals surface area contributed by atoms with Crippen molar-refractivity contribution < 1.29 is 9.21 Å². The smallest absolute Gasteiger partial charge is 0.271 e. The Labute approximate surface area is 212 Å². The van der Waals surface area contributed by atoms with Gasteiger partial charge in [0.25, 0.3) is 11.5 Å². The van der Waals surface area contributed by atoms with Crippen LogP contribution in [0.5, 0.6) is 0 Å². The summed E-state index contributed by atoms with van der Waals surface area (Å²) < 4.78 is 7.28. The van der Waals surface area contributed by atoms with Gasteiger partial charge in [-0.25, -0.2) is 4.98 Å². The van der Waals surface area contributed by atoms with Gasteiger partial charge in [-0.3, -0.25) is 9.59 Å². The summed E-state index contributed by atoms with van der Waals surface area (Å²) in [7, 11) is 1.59. The fourth-order valence-electron chi connectivity index (χ4n) is 4.57. The molecule has 36 heavy (non-hydrogen) atoms. The number of nitrogens with zero attached hydrogens (tertiary/aromatic N) is 5. The molecule has 0 radical (unpaired) electrons. The Bertz CT molecular complexity index is 1460. The van der Waals surface area contributed by atoms with Crippen LogP contribution in [0.2, 0.25) is 0 Å². The third kappa shape index (κ3) is 4.61. The molecule has 1 aliphatic rings. The highest BCUT2D eigenvalue weighted by Crippen LogP contribution is 2.35. The van der Waals surface area contributed by atoms with Crippen LogP contribution in [0.3, 0.4) is 0 Å². The van der Waals surface area contributed by atoms with E-state index in [1.807, 2.05) is 49.6 Å². The topological polar surface area (TPSA) is 120 Å². The molecular weight excluding hydrogens is 476 g/mol. The molecule has 9 nitrogen and oxygen atoms in total. The van der Waals surface area contributed by atoms with E-state index >= 15 is 0 Å². The van der Waals surface area contributed by atoms with Gasteiger partial charge < -0.3 is 19.6 Å². The van der Waals surface area contributed by atoms with Gasteiger partial charge >= 0.3 is 0 Å². The zero-order chi connectivity index (χ0) is 25.4. The highest BCUT2D eigenvalue weighted by Gasteiger charge is 2.34. The van der Waals surface area contributed by atoms with Gasteiger partial charge in [-0.2, -0.15) is 0 Å². The van der Waals surface area contributed by atoms with E-state index in [-0.39, 0.29) is 35.0 Å². The van der Waals surface area contributed by atoms with E-state index in [0.717, 1.165) is 29.1 Å². The van der Waals surface area contributed by atoms with Gasteiger partial charge in [0, 0.05) is 36.3 Å². The van der Waals surface area contributed by atoms with E-state index in [1.165, 1.54) is 10.6 Å². The number of aromatic nitrogens is 4. The molecule has 3 aromatic heterocycles. The van der Waals surface area contributed by atoms with Crippen LogP contribution in [0.25, 0.3) is 11.5 Å². The van der Waals surface area contributed by atoms with Crippen LogP contribution in [-0.4, -0.2) is 37.1 Å². The van der Waals surface area contributed by atoms with Gasteiger partial charge in [-0.05, 0) is 44.7 Å².